The van der Waals surface area contributed by atoms with E-state index in [1.54, 1.807) is 10.8 Å². The molecule has 2 aromatic rings. The second-order valence-electron chi connectivity index (χ2n) is 5.76. The van der Waals surface area contributed by atoms with Crippen LogP contribution < -0.4 is 5.32 Å². The van der Waals surface area contributed by atoms with E-state index in [0.717, 1.165) is 23.7 Å². The topological polar surface area (TPSA) is 51.1 Å². The summed E-state index contributed by atoms with van der Waals surface area (Å²) in [6.07, 6.45) is 7.38. The second kappa shape index (κ2) is 5.72. The fraction of sp³-hybridized carbons (Fsp3) is 0.412. The van der Waals surface area contributed by atoms with Gasteiger partial charge >= 0.3 is 0 Å². The predicted molar refractivity (Wildman–Crippen MR) is 82.6 cm³/mol. The van der Waals surface area contributed by atoms with E-state index < -0.39 is 0 Å². The molecule has 1 heterocycles. The van der Waals surface area contributed by atoms with Gasteiger partial charge in [0.1, 0.15) is 0 Å². The van der Waals surface area contributed by atoms with Gasteiger partial charge in [0.25, 0.3) is 5.91 Å². The standard InChI is InChI=1S/C17H20N2O2/c1-12(20)19-11-15(14-9-5-6-10-16(14)19)17(21)18-13-7-3-2-4-8-13/h5-6,9-11,13H,2-4,7-8H2,1H3,(H,18,21). The zero-order valence-corrected chi connectivity index (χ0v) is 12.3. The Morgan fingerprint density at radius 2 is 1.86 bits per heavy atom. The summed E-state index contributed by atoms with van der Waals surface area (Å²) in [7, 11) is 0. The first-order valence-electron chi connectivity index (χ1n) is 7.58. The van der Waals surface area contributed by atoms with Crippen molar-refractivity contribution in [1.82, 2.24) is 9.88 Å². The molecule has 0 radical (unpaired) electrons. The van der Waals surface area contributed by atoms with E-state index in [2.05, 4.69) is 5.32 Å². The molecule has 0 unspecified atom stereocenters. The van der Waals surface area contributed by atoms with E-state index >= 15 is 0 Å². The molecular formula is C17H20N2O2. The Kier molecular flexibility index (Phi) is 3.78. The Morgan fingerprint density at radius 1 is 1.14 bits per heavy atom. The lowest BCUT2D eigenvalue weighted by Gasteiger charge is -2.22. The monoisotopic (exact) mass is 284 g/mol. The zero-order valence-electron chi connectivity index (χ0n) is 12.3. The maximum Gasteiger partial charge on any atom is 0.253 e. The highest BCUT2D eigenvalue weighted by Gasteiger charge is 2.20. The van der Waals surface area contributed by atoms with Crippen molar-refractivity contribution in [3.8, 4) is 0 Å². The van der Waals surface area contributed by atoms with Crippen LogP contribution >= 0.6 is 0 Å². The number of fused-ring (bicyclic) bond motifs is 1. The van der Waals surface area contributed by atoms with Crippen molar-refractivity contribution in [2.45, 2.75) is 45.1 Å². The van der Waals surface area contributed by atoms with Gasteiger partial charge in [-0.25, -0.2) is 0 Å². The van der Waals surface area contributed by atoms with Crippen molar-refractivity contribution in [3.05, 3.63) is 36.0 Å². The fourth-order valence-corrected chi connectivity index (χ4v) is 3.13. The third-order valence-electron chi connectivity index (χ3n) is 4.24. The summed E-state index contributed by atoms with van der Waals surface area (Å²) in [6.45, 7) is 1.51. The van der Waals surface area contributed by atoms with Gasteiger partial charge in [-0.15, -0.1) is 0 Å². The molecule has 1 aliphatic rings. The molecule has 3 rings (SSSR count). The van der Waals surface area contributed by atoms with Crippen molar-refractivity contribution < 1.29 is 9.59 Å². The Balaban J connectivity index is 1.92. The SMILES string of the molecule is CC(=O)n1cc(C(=O)NC2CCCCC2)c2ccccc21. The van der Waals surface area contributed by atoms with E-state index in [1.165, 1.54) is 26.2 Å². The molecule has 4 nitrogen and oxygen atoms in total. The van der Waals surface area contributed by atoms with E-state index in [0.29, 0.717) is 5.56 Å². The Hall–Kier alpha value is -2.10. The van der Waals surface area contributed by atoms with Crippen LogP contribution in [0, 0.1) is 0 Å². The van der Waals surface area contributed by atoms with Crippen molar-refractivity contribution in [3.63, 3.8) is 0 Å². The number of rotatable bonds is 2. The average Bonchev–Trinajstić information content (AvgIpc) is 2.88. The minimum Gasteiger partial charge on any atom is -0.349 e. The fourth-order valence-electron chi connectivity index (χ4n) is 3.13. The highest BCUT2D eigenvalue weighted by molar-refractivity contribution is 6.09. The first kappa shape index (κ1) is 13.9. The smallest absolute Gasteiger partial charge is 0.253 e. The van der Waals surface area contributed by atoms with Crippen LogP contribution in [0.2, 0.25) is 0 Å². The summed E-state index contributed by atoms with van der Waals surface area (Å²) >= 11 is 0. The van der Waals surface area contributed by atoms with Gasteiger partial charge in [0.2, 0.25) is 5.91 Å². The Labute approximate surface area is 124 Å². The van der Waals surface area contributed by atoms with Gasteiger partial charge in [-0.2, -0.15) is 0 Å². The van der Waals surface area contributed by atoms with Crippen LogP contribution in [-0.2, 0) is 0 Å². The quantitative estimate of drug-likeness (QED) is 0.919. The molecule has 4 heteroatoms. The van der Waals surface area contributed by atoms with Gasteiger partial charge in [0.05, 0.1) is 11.1 Å². The number of nitrogens with one attached hydrogen (secondary N) is 1. The van der Waals surface area contributed by atoms with Crippen LogP contribution in [0.1, 0.15) is 54.2 Å². The van der Waals surface area contributed by atoms with E-state index in [4.69, 9.17) is 0 Å². The summed E-state index contributed by atoms with van der Waals surface area (Å²) in [5.74, 6) is -0.152. The van der Waals surface area contributed by atoms with Gasteiger partial charge in [0.15, 0.2) is 0 Å². The molecule has 110 valence electrons. The second-order valence-corrected chi connectivity index (χ2v) is 5.76. The molecule has 0 spiro atoms. The maximum atomic E-state index is 12.5. The third kappa shape index (κ3) is 2.71. The van der Waals surface area contributed by atoms with Crippen LogP contribution in [0.5, 0.6) is 0 Å². The average molecular weight is 284 g/mol. The number of aromatic nitrogens is 1. The predicted octanol–water partition coefficient (Wildman–Crippen LogP) is 3.36. The molecule has 1 amide bonds. The number of hydrogen-bond donors (Lipinski definition) is 1. The lowest BCUT2D eigenvalue weighted by molar-refractivity contribution is 0.0929. The highest BCUT2D eigenvalue weighted by atomic mass is 16.2. The van der Waals surface area contributed by atoms with Crippen molar-refractivity contribution in [2.24, 2.45) is 0 Å². The van der Waals surface area contributed by atoms with Gasteiger partial charge < -0.3 is 5.32 Å². The minimum atomic E-state index is -0.0806. The van der Waals surface area contributed by atoms with Gasteiger partial charge in [-0.3, -0.25) is 14.2 Å². The number of carbonyl (C=O) groups is 2. The van der Waals surface area contributed by atoms with E-state index in [9.17, 15) is 9.59 Å². The number of benzene rings is 1. The Morgan fingerprint density at radius 3 is 2.57 bits per heavy atom. The summed E-state index contributed by atoms with van der Waals surface area (Å²) < 4.78 is 1.55. The van der Waals surface area contributed by atoms with Crippen LogP contribution in [0.25, 0.3) is 10.9 Å². The molecule has 0 saturated heterocycles. The first-order chi connectivity index (χ1) is 10.2. The number of para-hydroxylation sites is 1. The zero-order chi connectivity index (χ0) is 14.8. The molecule has 1 aromatic heterocycles. The van der Waals surface area contributed by atoms with Crippen molar-refractivity contribution in [2.75, 3.05) is 0 Å². The summed E-state index contributed by atoms with van der Waals surface area (Å²) in [5, 5.41) is 3.95. The molecule has 1 aromatic carbocycles. The van der Waals surface area contributed by atoms with Crippen molar-refractivity contribution in [1.29, 1.82) is 0 Å². The lowest BCUT2D eigenvalue weighted by atomic mass is 9.95. The largest absolute Gasteiger partial charge is 0.349 e. The molecule has 21 heavy (non-hydrogen) atoms. The molecule has 0 aliphatic heterocycles. The van der Waals surface area contributed by atoms with E-state index in [1.807, 2.05) is 24.3 Å². The molecule has 1 fully saturated rings. The van der Waals surface area contributed by atoms with E-state index in [-0.39, 0.29) is 17.9 Å². The molecule has 1 saturated carbocycles. The lowest BCUT2D eigenvalue weighted by Crippen LogP contribution is -2.36. The molecule has 0 bridgehead atoms. The van der Waals surface area contributed by atoms with Crippen LogP contribution in [-0.4, -0.2) is 22.4 Å². The minimum absolute atomic E-state index is 0.0712. The van der Waals surface area contributed by atoms with Crippen LogP contribution in [0.3, 0.4) is 0 Å². The highest BCUT2D eigenvalue weighted by Crippen LogP contribution is 2.23. The number of nitrogens with zero attached hydrogens (tertiary/aromatic N) is 1. The van der Waals surface area contributed by atoms with Gasteiger partial charge in [-0.1, -0.05) is 37.5 Å². The Bertz CT molecular complexity index is 681. The summed E-state index contributed by atoms with van der Waals surface area (Å²) in [6, 6.07) is 7.80. The van der Waals surface area contributed by atoms with Crippen molar-refractivity contribution >= 4 is 22.7 Å². The number of hydrogen-bond acceptors (Lipinski definition) is 2. The summed E-state index contributed by atoms with van der Waals surface area (Å²) in [4.78, 5) is 24.2. The van der Waals surface area contributed by atoms with Gasteiger partial charge in [-0.05, 0) is 18.9 Å². The molecular weight excluding hydrogens is 264 g/mol. The van der Waals surface area contributed by atoms with Crippen LogP contribution in [0.4, 0.5) is 0 Å². The third-order valence-corrected chi connectivity index (χ3v) is 4.24. The molecule has 1 N–H and O–H groups in total. The van der Waals surface area contributed by atoms with Gasteiger partial charge in [0, 0.05) is 24.5 Å². The molecule has 0 atom stereocenters. The normalized spacial score (nSPS) is 16.0. The number of amides is 1. The molecule has 1 aliphatic carbocycles. The summed E-state index contributed by atoms with van der Waals surface area (Å²) in [5.41, 5.74) is 1.38. The number of carbonyl (C=O) groups excluding carboxylic acids is 2. The first-order valence-corrected chi connectivity index (χ1v) is 7.58. The van der Waals surface area contributed by atoms with Crippen LogP contribution in [0.15, 0.2) is 30.5 Å². The maximum absolute atomic E-state index is 12.5.